The Morgan fingerprint density at radius 2 is 2.19 bits per heavy atom. The fourth-order valence-corrected chi connectivity index (χ4v) is 1.38. The quantitative estimate of drug-likeness (QED) is 0.743. The molecule has 1 aromatic heterocycles. The molecule has 1 aromatic rings. The summed E-state index contributed by atoms with van der Waals surface area (Å²) < 4.78 is 0. The molecule has 0 radical (unpaired) electrons. The lowest BCUT2D eigenvalue weighted by Gasteiger charge is -2.16. The Labute approximate surface area is 95.5 Å². The highest BCUT2D eigenvalue weighted by Crippen LogP contribution is 2.01. The van der Waals surface area contributed by atoms with Gasteiger partial charge < -0.3 is 11.1 Å². The van der Waals surface area contributed by atoms with Gasteiger partial charge in [0.25, 0.3) is 5.91 Å². The topological polar surface area (TPSA) is 80.9 Å². The largest absolute Gasteiger partial charge is 0.348 e. The third kappa shape index (κ3) is 3.94. The number of carbonyl (C=O) groups is 1. The molecule has 5 nitrogen and oxygen atoms in total. The molecular formula is C11H18N4O. The fraction of sp³-hybridized carbons (Fsp3) is 0.545. The Bertz CT molecular complexity index is 315. The number of rotatable bonds is 6. The summed E-state index contributed by atoms with van der Waals surface area (Å²) in [5, 5.41) is 2.87. The third-order valence-corrected chi connectivity index (χ3v) is 2.35. The van der Waals surface area contributed by atoms with Crippen LogP contribution in [0.3, 0.4) is 0 Å². The summed E-state index contributed by atoms with van der Waals surface area (Å²) in [5.74, 6) is -0.160. The highest BCUT2D eigenvalue weighted by atomic mass is 16.1. The van der Waals surface area contributed by atoms with Crippen LogP contribution in [0.25, 0.3) is 0 Å². The molecule has 0 aromatic carbocycles. The molecule has 0 aliphatic rings. The molecule has 1 rings (SSSR count). The van der Waals surface area contributed by atoms with Crippen LogP contribution in [-0.4, -0.2) is 28.5 Å². The van der Waals surface area contributed by atoms with Crippen molar-refractivity contribution in [2.75, 3.05) is 6.54 Å². The summed E-state index contributed by atoms with van der Waals surface area (Å²) in [7, 11) is 0. The van der Waals surface area contributed by atoms with Crippen LogP contribution >= 0.6 is 0 Å². The molecule has 5 heteroatoms. The number of hydrogen-bond donors (Lipinski definition) is 2. The molecule has 0 bridgehead atoms. The van der Waals surface area contributed by atoms with Gasteiger partial charge >= 0.3 is 0 Å². The summed E-state index contributed by atoms with van der Waals surface area (Å²) in [6.07, 6.45) is 7.46. The van der Waals surface area contributed by atoms with E-state index in [1.54, 1.807) is 0 Å². The van der Waals surface area contributed by atoms with Crippen LogP contribution in [0.1, 0.15) is 36.5 Å². The van der Waals surface area contributed by atoms with Crippen molar-refractivity contribution in [2.24, 2.45) is 5.73 Å². The fourth-order valence-electron chi connectivity index (χ4n) is 1.38. The number of carbonyl (C=O) groups excluding carboxylic acids is 1. The molecule has 16 heavy (non-hydrogen) atoms. The van der Waals surface area contributed by atoms with Crippen LogP contribution < -0.4 is 11.1 Å². The van der Waals surface area contributed by atoms with Gasteiger partial charge in [-0.25, -0.2) is 9.97 Å². The molecule has 0 saturated carbocycles. The van der Waals surface area contributed by atoms with E-state index < -0.39 is 0 Å². The lowest BCUT2D eigenvalue weighted by molar-refractivity contribution is 0.0935. The standard InChI is InChI=1S/C11H18N4O/c1-2-3-4-10(5-12)15-11(16)9-6-13-8-14-7-9/h6-8,10H,2-5,12H2,1H3,(H,15,16). The van der Waals surface area contributed by atoms with E-state index in [-0.39, 0.29) is 11.9 Å². The van der Waals surface area contributed by atoms with Crippen molar-refractivity contribution in [2.45, 2.75) is 32.2 Å². The van der Waals surface area contributed by atoms with E-state index in [0.29, 0.717) is 12.1 Å². The maximum absolute atomic E-state index is 11.7. The average Bonchev–Trinajstić information content (AvgIpc) is 2.35. The van der Waals surface area contributed by atoms with E-state index in [1.807, 2.05) is 0 Å². The predicted molar refractivity (Wildman–Crippen MR) is 61.9 cm³/mol. The number of hydrogen-bond acceptors (Lipinski definition) is 4. The van der Waals surface area contributed by atoms with Gasteiger partial charge in [0, 0.05) is 25.0 Å². The summed E-state index contributed by atoms with van der Waals surface area (Å²) in [6.45, 7) is 2.57. The monoisotopic (exact) mass is 222 g/mol. The first-order chi connectivity index (χ1) is 7.77. The second-order valence-corrected chi connectivity index (χ2v) is 3.68. The van der Waals surface area contributed by atoms with Gasteiger partial charge in [-0.3, -0.25) is 4.79 Å². The molecule has 1 amide bonds. The summed E-state index contributed by atoms with van der Waals surface area (Å²) >= 11 is 0. The Morgan fingerprint density at radius 3 is 2.75 bits per heavy atom. The minimum absolute atomic E-state index is 0.0349. The molecule has 0 spiro atoms. The Hall–Kier alpha value is -1.49. The van der Waals surface area contributed by atoms with E-state index in [9.17, 15) is 4.79 Å². The maximum Gasteiger partial charge on any atom is 0.254 e. The van der Waals surface area contributed by atoms with Gasteiger partial charge in [0.15, 0.2) is 0 Å². The number of unbranched alkanes of at least 4 members (excludes halogenated alkanes) is 1. The van der Waals surface area contributed by atoms with Crippen molar-refractivity contribution in [1.29, 1.82) is 0 Å². The van der Waals surface area contributed by atoms with Crippen LogP contribution in [0.15, 0.2) is 18.7 Å². The second-order valence-electron chi connectivity index (χ2n) is 3.68. The Morgan fingerprint density at radius 1 is 1.50 bits per heavy atom. The summed E-state index contributed by atoms with van der Waals surface area (Å²) in [6, 6.07) is 0.0349. The predicted octanol–water partition coefficient (Wildman–Crippen LogP) is 0.724. The molecule has 0 saturated heterocycles. The first-order valence-electron chi connectivity index (χ1n) is 5.53. The molecule has 1 atom stereocenters. The van der Waals surface area contributed by atoms with Crippen molar-refractivity contribution in [3.05, 3.63) is 24.3 Å². The first-order valence-corrected chi connectivity index (χ1v) is 5.53. The van der Waals surface area contributed by atoms with Gasteiger partial charge in [-0.1, -0.05) is 19.8 Å². The smallest absolute Gasteiger partial charge is 0.254 e. The lowest BCUT2D eigenvalue weighted by Crippen LogP contribution is -2.40. The van der Waals surface area contributed by atoms with Gasteiger partial charge in [0.1, 0.15) is 6.33 Å². The second kappa shape index (κ2) is 6.90. The zero-order chi connectivity index (χ0) is 11.8. The van der Waals surface area contributed by atoms with Crippen molar-refractivity contribution in [3.8, 4) is 0 Å². The molecule has 0 aliphatic heterocycles. The van der Waals surface area contributed by atoms with Crippen LogP contribution in [0, 0.1) is 0 Å². The summed E-state index contributed by atoms with van der Waals surface area (Å²) in [4.78, 5) is 19.3. The third-order valence-electron chi connectivity index (χ3n) is 2.35. The number of nitrogens with zero attached hydrogens (tertiary/aromatic N) is 2. The van der Waals surface area contributed by atoms with Gasteiger partial charge in [0.05, 0.1) is 5.56 Å². The van der Waals surface area contributed by atoms with Gasteiger partial charge in [-0.2, -0.15) is 0 Å². The van der Waals surface area contributed by atoms with E-state index in [4.69, 9.17) is 5.73 Å². The minimum Gasteiger partial charge on any atom is -0.348 e. The summed E-state index contributed by atoms with van der Waals surface area (Å²) in [5.41, 5.74) is 6.06. The van der Waals surface area contributed by atoms with Crippen molar-refractivity contribution in [1.82, 2.24) is 15.3 Å². The normalized spacial score (nSPS) is 12.1. The van der Waals surface area contributed by atoms with Gasteiger partial charge in [0.2, 0.25) is 0 Å². The highest BCUT2D eigenvalue weighted by Gasteiger charge is 2.11. The minimum atomic E-state index is -0.160. The Kier molecular flexibility index (Phi) is 5.42. The van der Waals surface area contributed by atoms with Crippen LogP contribution in [0.2, 0.25) is 0 Å². The molecule has 3 N–H and O–H groups in total. The maximum atomic E-state index is 11.7. The van der Waals surface area contributed by atoms with Crippen LogP contribution in [-0.2, 0) is 0 Å². The van der Waals surface area contributed by atoms with Crippen molar-refractivity contribution < 1.29 is 4.79 Å². The van der Waals surface area contributed by atoms with Gasteiger partial charge in [-0.15, -0.1) is 0 Å². The van der Waals surface area contributed by atoms with E-state index in [2.05, 4.69) is 22.2 Å². The van der Waals surface area contributed by atoms with E-state index in [0.717, 1.165) is 19.3 Å². The van der Waals surface area contributed by atoms with E-state index in [1.165, 1.54) is 18.7 Å². The first kappa shape index (κ1) is 12.6. The highest BCUT2D eigenvalue weighted by molar-refractivity contribution is 5.93. The SMILES string of the molecule is CCCCC(CN)NC(=O)c1cncnc1. The Balaban J connectivity index is 2.49. The molecule has 0 aliphatic carbocycles. The number of nitrogens with two attached hydrogens (primary N) is 1. The van der Waals surface area contributed by atoms with Crippen LogP contribution in [0.5, 0.6) is 0 Å². The van der Waals surface area contributed by atoms with Crippen LogP contribution in [0.4, 0.5) is 0 Å². The van der Waals surface area contributed by atoms with Gasteiger partial charge in [-0.05, 0) is 6.42 Å². The molecule has 0 fully saturated rings. The number of nitrogens with one attached hydrogen (secondary N) is 1. The lowest BCUT2D eigenvalue weighted by atomic mass is 10.1. The zero-order valence-electron chi connectivity index (χ0n) is 9.52. The van der Waals surface area contributed by atoms with Crippen molar-refractivity contribution >= 4 is 5.91 Å². The number of aromatic nitrogens is 2. The average molecular weight is 222 g/mol. The molecule has 1 heterocycles. The molecule has 88 valence electrons. The number of amides is 1. The molecule has 1 unspecified atom stereocenters. The zero-order valence-corrected chi connectivity index (χ0v) is 9.52. The van der Waals surface area contributed by atoms with E-state index >= 15 is 0 Å². The molecular weight excluding hydrogens is 204 g/mol. The van der Waals surface area contributed by atoms with Crippen molar-refractivity contribution in [3.63, 3.8) is 0 Å².